The minimum atomic E-state index is -0.537. The molecule has 1 aromatic rings. The Morgan fingerprint density at radius 2 is 2.28 bits per heavy atom. The summed E-state index contributed by atoms with van der Waals surface area (Å²) in [5, 5.41) is 3.11. The van der Waals surface area contributed by atoms with E-state index in [0.29, 0.717) is 12.3 Å². The fourth-order valence-electron chi connectivity index (χ4n) is 2.01. The van der Waals surface area contributed by atoms with Crippen molar-refractivity contribution in [3.8, 4) is 5.75 Å². The van der Waals surface area contributed by atoms with Gasteiger partial charge in [-0.15, -0.1) is 0 Å². The predicted molar refractivity (Wildman–Crippen MR) is 66.3 cm³/mol. The maximum Gasteiger partial charge on any atom is 0.257 e. The topological polar surface area (TPSA) is 41.6 Å². The maximum absolute atomic E-state index is 13.8. The van der Waals surface area contributed by atoms with Gasteiger partial charge in [-0.05, 0) is 19.1 Å². The van der Waals surface area contributed by atoms with Gasteiger partial charge in [0.2, 0.25) is 0 Å². The van der Waals surface area contributed by atoms with Crippen LogP contribution in [0.25, 0.3) is 0 Å². The first kappa shape index (κ1) is 12.8. The number of carbonyl (C=O) groups is 1. The van der Waals surface area contributed by atoms with Crippen molar-refractivity contribution < 1.29 is 13.9 Å². The average molecular weight is 252 g/mol. The fraction of sp³-hybridized carbons (Fsp3) is 0.462. The molecule has 0 bridgehead atoms. The SMILES string of the molecule is CCN(C(=O)c1ccc(OC)cc1F)C1CNC1. The number of benzene rings is 1. The van der Waals surface area contributed by atoms with E-state index in [4.69, 9.17) is 4.74 Å². The van der Waals surface area contributed by atoms with Gasteiger partial charge in [-0.25, -0.2) is 4.39 Å². The monoisotopic (exact) mass is 252 g/mol. The molecule has 1 fully saturated rings. The van der Waals surface area contributed by atoms with E-state index in [-0.39, 0.29) is 17.5 Å². The Hall–Kier alpha value is -1.62. The maximum atomic E-state index is 13.8. The molecule has 5 heteroatoms. The molecule has 1 aromatic carbocycles. The standard InChI is InChI=1S/C13H17FN2O2/c1-3-16(9-7-15-8-9)13(17)11-5-4-10(18-2)6-12(11)14/h4-6,9,15H,3,7-8H2,1-2H3. The molecular formula is C13H17FN2O2. The number of hydrogen-bond donors (Lipinski definition) is 1. The van der Waals surface area contributed by atoms with Crippen LogP contribution in [0, 0.1) is 5.82 Å². The Morgan fingerprint density at radius 1 is 1.56 bits per heavy atom. The van der Waals surface area contributed by atoms with Crippen molar-refractivity contribution in [3.63, 3.8) is 0 Å². The molecule has 1 aliphatic rings. The lowest BCUT2D eigenvalue weighted by Crippen LogP contribution is -2.58. The number of ether oxygens (including phenoxy) is 1. The summed E-state index contributed by atoms with van der Waals surface area (Å²) in [7, 11) is 1.47. The molecular weight excluding hydrogens is 235 g/mol. The number of halogens is 1. The Bertz CT molecular complexity index is 447. The second kappa shape index (κ2) is 5.35. The zero-order valence-electron chi connectivity index (χ0n) is 10.6. The number of nitrogens with zero attached hydrogens (tertiary/aromatic N) is 1. The van der Waals surface area contributed by atoms with Crippen molar-refractivity contribution >= 4 is 5.91 Å². The van der Waals surface area contributed by atoms with Crippen molar-refractivity contribution in [3.05, 3.63) is 29.6 Å². The summed E-state index contributed by atoms with van der Waals surface area (Å²) in [6.45, 7) is 4.03. The zero-order valence-corrected chi connectivity index (χ0v) is 10.6. The van der Waals surface area contributed by atoms with Crippen LogP contribution in [0.1, 0.15) is 17.3 Å². The average Bonchev–Trinajstić information content (AvgIpc) is 2.32. The van der Waals surface area contributed by atoms with Gasteiger partial charge in [0.1, 0.15) is 11.6 Å². The van der Waals surface area contributed by atoms with Crippen LogP contribution in [0.5, 0.6) is 5.75 Å². The van der Waals surface area contributed by atoms with Crippen LogP contribution in [-0.2, 0) is 0 Å². The van der Waals surface area contributed by atoms with E-state index < -0.39 is 5.82 Å². The molecule has 0 aromatic heterocycles. The van der Waals surface area contributed by atoms with E-state index in [0.717, 1.165) is 13.1 Å². The summed E-state index contributed by atoms with van der Waals surface area (Å²) in [5.74, 6) is -0.383. The Kier molecular flexibility index (Phi) is 3.81. The first-order valence-corrected chi connectivity index (χ1v) is 6.02. The van der Waals surface area contributed by atoms with E-state index in [9.17, 15) is 9.18 Å². The Balaban J connectivity index is 2.21. The first-order chi connectivity index (χ1) is 8.67. The number of hydrogen-bond acceptors (Lipinski definition) is 3. The molecule has 98 valence electrons. The van der Waals surface area contributed by atoms with Crippen molar-refractivity contribution in [2.45, 2.75) is 13.0 Å². The van der Waals surface area contributed by atoms with Crippen molar-refractivity contribution in [1.29, 1.82) is 0 Å². The van der Waals surface area contributed by atoms with Crippen LogP contribution in [0.2, 0.25) is 0 Å². The van der Waals surface area contributed by atoms with Gasteiger partial charge in [0.25, 0.3) is 5.91 Å². The van der Waals surface area contributed by atoms with Gasteiger partial charge in [-0.2, -0.15) is 0 Å². The third kappa shape index (κ3) is 2.31. The third-order valence-electron chi connectivity index (χ3n) is 3.21. The third-order valence-corrected chi connectivity index (χ3v) is 3.21. The van der Waals surface area contributed by atoms with Gasteiger partial charge in [-0.1, -0.05) is 0 Å². The summed E-state index contributed by atoms with van der Waals surface area (Å²) in [6.07, 6.45) is 0. The first-order valence-electron chi connectivity index (χ1n) is 6.02. The molecule has 1 amide bonds. The van der Waals surface area contributed by atoms with Crippen LogP contribution < -0.4 is 10.1 Å². The minimum Gasteiger partial charge on any atom is -0.497 e. The van der Waals surface area contributed by atoms with E-state index in [1.807, 2.05) is 6.92 Å². The molecule has 0 spiro atoms. The van der Waals surface area contributed by atoms with Crippen LogP contribution in [-0.4, -0.2) is 43.6 Å². The molecule has 4 nitrogen and oxygen atoms in total. The van der Waals surface area contributed by atoms with Crippen LogP contribution >= 0.6 is 0 Å². The molecule has 1 saturated heterocycles. The summed E-state index contributed by atoms with van der Waals surface area (Å²) < 4.78 is 18.7. The number of rotatable bonds is 4. The fourth-order valence-corrected chi connectivity index (χ4v) is 2.01. The highest BCUT2D eigenvalue weighted by Crippen LogP contribution is 2.19. The number of methoxy groups -OCH3 is 1. The number of likely N-dealkylation sites (N-methyl/N-ethyl adjacent to an activating group) is 1. The highest BCUT2D eigenvalue weighted by Gasteiger charge is 2.29. The molecule has 0 radical (unpaired) electrons. The highest BCUT2D eigenvalue weighted by atomic mass is 19.1. The normalized spacial score (nSPS) is 15.1. The van der Waals surface area contributed by atoms with Crippen LogP contribution in [0.15, 0.2) is 18.2 Å². The Morgan fingerprint density at radius 3 is 2.72 bits per heavy atom. The molecule has 0 aliphatic carbocycles. The van der Waals surface area contributed by atoms with Gasteiger partial charge in [0, 0.05) is 25.7 Å². The molecule has 1 heterocycles. The Labute approximate surface area is 106 Å². The van der Waals surface area contributed by atoms with Crippen LogP contribution in [0.4, 0.5) is 4.39 Å². The van der Waals surface area contributed by atoms with Gasteiger partial charge >= 0.3 is 0 Å². The van der Waals surface area contributed by atoms with Gasteiger partial charge in [0.05, 0.1) is 18.7 Å². The summed E-state index contributed by atoms with van der Waals surface area (Å²) in [4.78, 5) is 13.9. The van der Waals surface area contributed by atoms with E-state index in [1.54, 1.807) is 11.0 Å². The number of nitrogens with one attached hydrogen (secondary N) is 1. The highest BCUT2D eigenvalue weighted by molar-refractivity contribution is 5.95. The lowest BCUT2D eigenvalue weighted by molar-refractivity contribution is 0.0625. The summed E-state index contributed by atoms with van der Waals surface area (Å²) >= 11 is 0. The predicted octanol–water partition coefficient (Wildman–Crippen LogP) is 1.27. The van der Waals surface area contributed by atoms with Crippen molar-refractivity contribution in [2.75, 3.05) is 26.7 Å². The lowest BCUT2D eigenvalue weighted by atomic mass is 10.1. The molecule has 0 unspecified atom stereocenters. The summed E-state index contributed by atoms with van der Waals surface area (Å²) in [5.41, 5.74) is 0.101. The second-order valence-electron chi connectivity index (χ2n) is 4.25. The van der Waals surface area contributed by atoms with Gasteiger partial charge < -0.3 is 15.0 Å². The largest absolute Gasteiger partial charge is 0.497 e. The molecule has 0 atom stereocenters. The molecule has 0 saturated carbocycles. The van der Waals surface area contributed by atoms with Gasteiger partial charge in [-0.3, -0.25) is 4.79 Å². The molecule has 1 N–H and O–H groups in total. The van der Waals surface area contributed by atoms with E-state index >= 15 is 0 Å². The molecule has 18 heavy (non-hydrogen) atoms. The van der Waals surface area contributed by atoms with E-state index in [1.165, 1.54) is 19.2 Å². The van der Waals surface area contributed by atoms with Crippen LogP contribution in [0.3, 0.4) is 0 Å². The quantitative estimate of drug-likeness (QED) is 0.877. The number of amides is 1. The zero-order chi connectivity index (χ0) is 13.1. The summed E-state index contributed by atoms with van der Waals surface area (Å²) in [6, 6.07) is 4.48. The number of carbonyl (C=O) groups excluding carboxylic acids is 1. The molecule has 1 aliphatic heterocycles. The smallest absolute Gasteiger partial charge is 0.257 e. The van der Waals surface area contributed by atoms with E-state index in [2.05, 4.69) is 5.32 Å². The lowest BCUT2D eigenvalue weighted by Gasteiger charge is -2.37. The second-order valence-corrected chi connectivity index (χ2v) is 4.25. The minimum absolute atomic E-state index is 0.101. The van der Waals surface area contributed by atoms with Gasteiger partial charge in [0.15, 0.2) is 0 Å². The molecule has 2 rings (SSSR count). The van der Waals surface area contributed by atoms with Crippen molar-refractivity contribution in [2.24, 2.45) is 0 Å². The van der Waals surface area contributed by atoms with Crippen molar-refractivity contribution in [1.82, 2.24) is 10.2 Å².